The quantitative estimate of drug-likeness (QED) is 0.498. The van der Waals surface area contributed by atoms with Gasteiger partial charge in [0.05, 0.1) is 7.11 Å². The molecule has 0 saturated carbocycles. The van der Waals surface area contributed by atoms with E-state index < -0.39 is 0 Å². The van der Waals surface area contributed by atoms with Crippen LogP contribution in [0.5, 0.6) is 0 Å². The third-order valence-electron chi connectivity index (χ3n) is 2.89. The molecule has 128 valence electrons. The third kappa shape index (κ3) is 8.82. The fourth-order valence-corrected chi connectivity index (χ4v) is 1.92. The predicted octanol–water partition coefficient (Wildman–Crippen LogP) is 6.19. The van der Waals surface area contributed by atoms with Gasteiger partial charge in [-0.1, -0.05) is 82.8 Å². The first kappa shape index (κ1) is 23.2. The molecule has 0 radical (unpaired) electrons. The Balaban J connectivity index is 0. The van der Waals surface area contributed by atoms with E-state index in [1.54, 1.807) is 6.92 Å². The number of hydrogen-bond donors (Lipinski definition) is 0. The summed E-state index contributed by atoms with van der Waals surface area (Å²) in [4.78, 5) is 9.96. The van der Waals surface area contributed by atoms with E-state index in [1.165, 1.54) is 29.0 Å². The average molecular weight is 316 g/mol. The van der Waals surface area contributed by atoms with Crippen molar-refractivity contribution >= 4 is 16.7 Å². The molecule has 0 aromatic heterocycles. The van der Waals surface area contributed by atoms with Crippen molar-refractivity contribution in [3.8, 4) is 0 Å². The lowest BCUT2D eigenvalue weighted by Crippen LogP contribution is -1.94. The molecule has 0 aliphatic rings. The number of allylic oxidation sites excluding steroid dienone is 1. The van der Waals surface area contributed by atoms with Gasteiger partial charge in [0, 0.05) is 6.42 Å². The van der Waals surface area contributed by atoms with E-state index >= 15 is 0 Å². The molecule has 0 bridgehead atoms. The maximum absolute atomic E-state index is 9.96. The zero-order valence-electron chi connectivity index (χ0n) is 14.5. The predicted molar refractivity (Wildman–Crippen MR) is 103 cm³/mol. The summed E-state index contributed by atoms with van der Waals surface area (Å²) >= 11 is 0. The molecule has 0 fully saturated rings. The number of benzene rings is 2. The Morgan fingerprint density at radius 2 is 1.65 bits per heavy atom. The molecular weight excluding hydrogens is 284 g/mol. The number of fused-ring (bicyclic) bond motifs is 1. The van der Waals surface area contributed by atoms with Crippen LogP contribution in [-0.2, 0) is 16.0 Å². The highest BCUT2D eigenvalue weighted by Gasteiger charge is 1.99. The smallest absolute Gasteiger partial charge is 0.305 e. The van der Waals surface area contributed by atoms with Crippen molar-refractivity contribution < 1.29 is 9.53 Å². The largest absolute Gasteiger partial charge is 0.469 e. The van der Waals surface area contributed by atoms with Gasteiger partial charge >= 0.3 is 5.97 Å². The van der Waals surface area contributed by atoms with Gasteiger partial charge in [-0.2, -0.15) is 0 Å². The van der Waals surface area contributed by atoms with Gasteiger partial charge in [0.25, 0.3) is 0 Å². The summed E-state index contributed by atoms with van der Waals surface area (Å²) in [6.45, 7) is 11.8. The first-order valence-corrected chi connectivity index (χ1v) is 7.76. The van der Waals surface area contributed by atoms with E-state index in [0.29, 0.717) is 6.42 Å². The molecule has 2 heteroatoms. The van der Waals surface area contributed by atoms with Gasteiger partial charge < -0.3 is 4.74 Å². The standard InChI is InChI=1S/C14H14.C4H8O2.C2H6.CH4/c1-11(2)10-13-8-5-7-12-6-3-4-9-14(12)13;1-3-4(5)6-2;1-2;/h3-9H,1,10H2,2H3;3H2,1-2H3;1-2H3;1H4. The first-order chi connectivity index (χ1) is 10.6. The van der Waals surface area contributed by atoms with Gasteiger partial charge in [-0.15, -0.1) is 0 Å². The van der Waals surface area contributed by atoms with Crippen LogP contribution in [-0.4, -0.2) is 13.1 Å². The molecule has 0 N–H and O–H groups in total. The van der Waals surface area contributed by atoms with Crippen molar-refractivity contribution in [1.29, 1.82) is 0 Å². The van der Waals surface area contributed by atoms with Crippen LogP contribution in [0.3, 0.4) is 0 Å². The average Bonchev–Trinajstić information content (AvgIpc) is 2.56. The minimum Gasteiger partial charge on any atom is -0.469 e. The lowest BCUT2D eigenvalue weighted by molar-refractivity contribution is -0.140. The number of carbonyl (C=O) groups excluding carboxylic acids is 1. The van der Waals surface area contributed by atoms with Gasteiger partial charge in [0.15, 0.2) is 0 Å². The Kier molecular flexibility index (Phi) is 13.7. The zero-order valence-corrected chi connectivity index (χ0v) is 14.5. The molecule has 2 aromatic rings. The molecule has 2 nitrogen and oxygen atoms in total. The third-order valence-corrected chi connectivity index (χ3v) is 2.89. The maximum Gasteiger partial charge on any atom is 0.305 e. The van der Waals surface area contributed by atoms with Crippen molar-refractivity contribution in [3.63, 3.8) is 0 Å². The minimum absolute atomic E-state index is 0. The Bertz CT molecular complexity index is 574. The summed E-state index contributed by atoms with van der Waals surface area (Å²) in [7, 11) is 1.38. The van der Waals surface area contributed by atoms with E-state index in [-0.39, 0.29) is 13.4 Å². The van der Waals surface area contributed by atoms with Gasteiger partial charge in [-0.3, -0.25) is 4.79 Å². The van der Waals surface area contributed by atoms with Crippen LogP contribution in [0, 0.1) is 0 Å². The molecule has 23 heavy (non-hydrogen) atoms. The normalized spacial score (nSPS) is 8.57. The Morgan fingerprint density at radius 1 is 1.09 bits per heavy atom. The van der Waals surface area contributed by atoms with Crippen LogP contribution in [0.2, 0.25) is 0 Å². The Hall–Kier alpha value is -2.09. The van der Waals surface area contributed by atoms with E-state index in [0.717, 1.165) is 6.42 Å². The molecule has 2 aromatic carbocycles. The topological polar surface area (TPSA) is 26.3 Å². The highest BCUT2D eigenvalue weighted by molar-refractivity contribution is 5.85. The van der Waals surface area contributed by atoms with Crippen LogP contribution >= 0.6 is 0 Å². The van der Waals surface area contributed by atoms with Crippen LogP contribution in [0.1, 0.15) is 47.1 Å². The van der Waals surface area contributed by atoms with Crippen LogP contribution in [0.15, 0.2) is 54.6 Å². The summed E-state index contributed by atoms with van der Waals surface area (Å²) in [5.74, 6) is -0.157. The second kappa shape index (κ2) is 13.6. The molecule has 0 aliphatic carbocycles. The van der Waals surface area contributed by atoms with Gasteiger partial charge in [0.1, 0.15) is 0 Å². The van der Waals surface area contributed by atoms with Crippen LogP contribution in [0.25, 0.3) is 10.8 Å². The second-order valence-electron chi connectivity index (χ2n) is 4.70. The van der Waals surface area contributed by atoms with Crippen molar-refractivity contribution in [3.05, 3.63) is 60.2 Å². The lowest BCUT2D eigenvalue weighted by Gasteiger charge is -2.05. The summed E-state index contributed by atoms with van der Waals surface area (Å²) in [5.41, 5.74) is 2.58. The van der Waals surface area contributed by atoms with Crippen molar-refractivity contribution in [2.75, 3.05) is 7.11 Å². The first-order valence-electron chi connectivity index (χ1n) is 7.76. The molecule has 0 unspecified atom stereocenters. The molecule has 0 atom stereocenters. The summed E-state index contributed by atoms with van der Waals surface area (Å²) in [5, 5.41) is 2.66. The van der Waals surface area contributed by atoms with E-state index in [4.69, 9.17) is 0 Å². The van der Waals surface area contributed by atoms with Crippen molar-refractivity contribution in [2.24, 2.45) is 0 Å². The molecular formula is C21H32O2. The fraction of sp³-hybridized carbons (Fsp3) is 0.381. The minimum atomic E-state index is -0.157. The molecule has 0 spiro atoms. The van der Waals surface area contributed by atoms with E-state index in [1.807, 2.05) is 13.8 Å². The number of esters is 1. The monoisotopic (exact) mass is 316 g/mol. The molecule has 0 heterocycles. The van der Waals surface area contributed by atoms with Crippen LogP contribution < -0.4 is 0 Å². The second-order valence-corrected chi connectivity index (χ2v) is 4.70. The van der Waals surface area contributed by atoms with Crippen LogP contribution in [0.4, 0.5) is 0 Å². The summed E-state index contributed by atoms with van der Waals surface area (Å²) in [6.07, 6.45) is 1.44. The summed E-state index contributed by atoms with van der Waals surface area (Å²) < 4.78 is 4.26. The fourth-order valence-electron chi connectivity index (χ4n) is 1.92. The molecule has 0 saturated heterocycles. The SMILES string of the molecule is C.C=C(C)Cc1cccc2ccccc12.CC.CCC(=O)OC. The lowest BCUT2D eigenvalue weighted by atomic mass is 10.00. The highest BCUT2D eigenvalue weighted by atomic mass is 16.5. The maximum atomic E-state index is 9.96. The number of rotatable bonds is 3. The molecule has 0 aliphatic heterocycles. The number of carbonyl (C=O) groups is 1. The van der Waals surface area contributed by atoms with Gasteiger partial charge in [0.2, 0.25) is 0 Å². The van der Waals surface area contributed by atoms with E-state index in [2.05, 4.69) is 60.7 Å². The number of ether oxygens (including phenoxy) is 1. The highest BCUT2D eigenvalue weighted by Crippen LogP contribution is 2.20. The van der Waals surface area contributed by atoms with Gasteiger partial charge in [-0.25, -0.2) is 0 Å². The van der Waals surface area contributed by atoms with Crippen molar-refractivity contribution in [1.82, 2.24) is 0 Å². The zero-order chi connectivity index (χ0) is 17.0. The number of hydrogen-bond acceptors (Lipinski definition) is 2. The molecule has 0 amide bonds. The Morgan fingerprint density at radius 3 is 2.13 bits per heavy atom. The number of methoxy groups -OCH3 is 1. The summed E-state index contributed by atoms with van der Waals surface area (Å²) in [6, 6.07) is 14.9. The Labute approximate surface area is 142 Å². The molecule has 2 rings (SSSR count). The van der Waals surface area contributed by atoms with Gasteiger partial charge in [-0.05, 0) is 29.7 Å². The van der Waals surface area contributed by atoms with Crippen molar-refractivity contribution in [2.45, 2.75) is 48.0 Å². The van der Waals surface area contributed by atoms with E-state index in [9.17, 15) is 4.79 Å².